The van der Waals surface area contributed by atoms with Crippen molar-refractivity contribution < 1.29 is 19.4 Å². The summed E-state index contributed by atoms with van der Waals surface area (Å²) < 4.78 is 15.4. The molecular weight excluding hydrogens is 447 g/mol. The highest BCUT2D eigenvalue weighted by Gasteiger charge is 2.43. The Morgan fingerprint density at radius 3 is 2.40 bits per heavy atom. The molecular formula is C25H18BrFO3. The molecule has 3 aromatic carbocycles. The van der Waals surface area contributed by atoms with Crippen molar-refractivity contribution in [1.82, 2.24) is 0 Å². The van der Waals surface area contributed by atoms with E-state index in [-0.39, 0.29) is 28.4 Å². The summed E-state index contributed by atoms with van der Waals surface area (Å²) in [4.78, 5) is 13.6. The summed E-state index contributed by atoms with van der Waals surface area (Å²) in [5.74, 6) is -1.07. The van der Waals surface area contributed by atoms with Crippen molar-refractivity contribution in [3.8, 4) is 22.6 Å². The molecule has 3 aromatic rings. The van der Waals surface area contributed by atoms with Crippen LogP contribution in [0.2, 0.25) is 0 Å². The van der Waals surface area contributed by atoms with Crippen LogP contribution >= 0.6 is 15.9 Å². The van der Waals surface area contributed by atoms with E-state index in [0.29, 0.717) is 17.6 Å². The smallest absolute Gasteiger partial charge is 0.193 e. The molecule has 2 aliphatic carbocycles. The lowest BCUT2D eigenvalue weighted by atomic mass is 9.68. The van der Waals surface area contributed by atoms with Crippen LogP contribution in [-0.4, -0.2) is 16.0 Å². The van der Waals surface area contributed by atoms with E-state index in [4.69, 9.17) is 0 Å². The van der Waals surface area contributed by atoms with Gasteiger partial charge in [-0.25, -0.2) is 4.39 Å². The van der Waals surface area contributed by atoms with Gasteiger partial charge in [0.1, 0.15) is 17.3 Å². The number of Topliss-reactive ketones (excluding diaryl/α,β-unsaturated/α-hetero) is 1. The summed E-state index contributed by atoms with van der Waals surface area (Å²) in [5, 5.41) is 20.2. The Morgan fingerprint density at radius 2 is 1.67 bits per heavy atom. The van der Waals surface area contributed by atoms with Crippen molar-refractivity contribution in [1.29, 1.82) is 0 Å². The summed E-state index contributed by atoms with van der Waals surface area (Å²) in [5.41, 5.74) is 4.87. The summed E-state index contributed by atoms with van der Waals surface area (Å²) in [6.07, 6.45) is 0.678. The van der Waals surface area contributed by atoms with Crippen molar-refractivity contribution in [2.45, 2.75) is 25.7 Å². The van der Waals surface area contributed by atoms with E-state index in [1.54, 1.807) is 12.1 Å². The standard InChI is InChI=1S/C25H18BrFO3/c1-25(2)19-11-22(29)17(16-6-4-14(28)9-21(16)27)10-18(19)24(30)23-15-5-3-13(26)7-12(15)8-20(23)25/h3-7,9-11,28-29H,8H2,1-2H3. The first-order valence-electron chi connectivity index (χ1n) is 9.62. The van der Waals surface area contributed by atoms with Gasteiger partial charge in [-0.05, 0) is 65.1 Å². The van der Waals surface area contributed by atoms with Gasteiger partial charge in [0.2, 0.25) is 0 Å². The van der Waals surface area contributed by atoms with Gasteiger partial charge < -0.3 is 10.2 Å². The first kappa shape index (κ1) is 19.1. The zero-order chi connectivity index (χ0) is 21.4. The predicted octanol–water partition coefficient (Wildman–Crippen LogP) is 6.15. The van der Waals surface area contributed by atoms with Crippen LogP contribution in [0.15, 0.2) is 58.6 Å². The lowest BCUT2D eigenvalue weighted by Crippen LogP contribution is -2.29. The molecule has 0 saturated carbocycles. The molecule has 3 nitrogen and oxygen atoms in total. The average molecular weight is 465 g/mol. The fourth-order valence-electron chi connectivity index (χ4n) is 4.72. The molecule has 0 bridgehead atoms. The molecule has 0 saturated heterocycles. The molecule has 0 unspecified atom stereocenters. The minimum Gasteiger partial charge on any atom is -0.508 e. The number of ketones is 1. The maximum atomic E-state index is 14.5. The zero-order valence-electron chi connectivity index (χ0n) is 16.4. The number of hydrogen-bond acceptors (Lipinski definition) is 3. The lowest BCUT2D eigenvalue weighted by molar-refractivity contribution is 0.105. The number of fused-ring (bicyclic) bond motifs is 3. The Bertz CT molecular complexity index is 1300. The van der Waals surface area contributed by atoms with Gasteiger partial charge in [-0.15, -0.1) is 0 Å². The third-order valence-corrected chi connectivity index (χ3v) is 6.78. The predicted molar refractivity (Wildman–Crippen MR) is 117 cm³/mol. The second-order valence-electron chi connectivity index (χ2n) is 8.37. The van der Waals surface area contributed by atoms with Gasteiger partial charge >= 0.3 is 0 Å². The van der Waals surface area contributed by atoms with Crippen LogP contribution in [0.4, 0.5) is 4.39 Å². The van der Waals surface area contributed by atoms with Crippen molar-refractivity contribution in [3.05, 3.63) is 86.6 Å². The van der Waals surface area contributed by atoms with E-state index < -0.39 is 11.2 Å². The maximum Gasteiger partial charge on any atom is 0.193 e. The Labute approximate surface area is 181 Å². The topological polar surface area (TPSA) is 57.5 Å². The average Bonchev–Trinajstić information content (AvgIpc) is 3.06. The molecule has 0 heterocycles. The highest BCUT2D eigenvalue weighted by atomic mass is 79.9. The van der Waals surface area contributed by atoms with Crippen molar-refractivity contribution in [3.63, 3.8) is 0 Å². The summed E-state index contributed by atoms with van der Waals surface area (Å²) in [6, 6.07) is 12.8. The number of halogens is 2. The maximum absolute atomic E-state index is 14.5. The monoisotopic (exact) mass is 464 g/mol. The largest absolute Gasteiger partial charge is 0.508 e. The van der Waals surface area contributed by atoms with Crippen molar-refractivity contribution in [2.24, 2.45) is 0 Å². The fraction of sp³-hybridized carbons (Fsp3) is 0.160. The molecule has 150 valence electrons. The molecule has 5 heteroatoms. The van der Waals surface area contributed by atoms with Crippen LogP contribution in [0.3, 0.4) is 0 Å². The minimum atomic E-state index is -0.663. The lowest BCUT2D eigenvalue weighted by Gasteiger charge is -2.35. The van der Waals surface area contributed by atoms with Gasteiger partial charge in [0.15, 0.2) is 5.78 Å². The summed E-state index contributed by atoms with van der Waals surface area (Å²) in [6.45, 7) is 4.10. The molecule has 0 aliphatic heterocycles. The third-order valence-electron chi connectivity index (χ3n) is 6.28. The number of aromatic hydroxyl groups is 2. The Kier molecular flexibility index (Phi) is 4.00. The zero-order valence-corrected chi connectivity index (χ0v) is 18.0. The second kappa shape index (κ2) is 6.29. The SMILES string of the molecule is CC1(C)C2=C(C(=O)c3cc(-c4ccc(O)cc4F)c(O)cc31)c1ccc(Br)cc1C2. The molecule has 0 fully saturated rings. The second-order valence-corrected chi connectivity index (χ2v) is 9.28. The quantitative estimate of drug-likeness (QED) is 0.453. The Hall–Kier alpha value is -2.92. The molecule has 5 rings (SSSR count). The highest BCUT2D eigenvalue weighted by Crippen LogP contribution is 2.52. The van der Waals surface area contributed by atoms with Gasteiger partial charge in [0.05, 0.1) is 0 Å². The van der Waals surface area contributed by atoms with Crippen LogP contribution in [0.5, 0.6) is 11.5 Å². The van der Waals surface area contributed by atoms with E-state index in [9.17, 15) is 19.4 Å². The van der Waals surface area contributed by atoms with Crippen LogP contribution < -0.4 is 0 Å². The number of carbonyl (C=O) groups excluding carboxylic acids is 1. The van der Waals surface area contributed by atoms with Crippen LogP contribution in [0.25, 0.3) is 16.7 Å². The Morgan fingerprint density at radius 1 is 0.933 bits per heavy atom. The van der Waals surface area contributed by atoms with E-state index in [2.05, 4.69) is 29.8 Å². The molecule has 2 N–H and O–H groups in total. The Balaban J connectivity index is 1.73. The number of rotatable bonds is 1. The molecule has 0 spiro atoms. The summed E-state index contributed by atoms with van der Waals surface area (Å²) in [7, 11) is 0. The van der Waals surface area contributed by atoms with Gasteiger partial charge in [-0.3, -0.25) is 4.79 Å². The minimum absolute atomic E-state index is 0.0958. The van der Waals surface area contributed by atoms with Crippen molar-refractivity contribution >= 4 is 27.3 Å². The first-order chi connectivity index (χ1) is 14.2. The van der Waals surface area contributed by atoms with Crippen molar-refractivity contribution in [2.75, 3.05) is 0 Å². The molecule has 0 aromatic heterocycles. The van der Waals surface area contributed by atoms with Crippen LogP contribution in [-0.2, 0) is 11.8 Å². The van der Waals surface area contributed by atoms with Gasteiger partial charge in [-0.2, -0.15) is 0 Å². The van der Waals surface area contributed by atoms with E-state index in [1.165, 1.54) is 12.1 Å². The number of benzene rings is 3. The number of phenols is 2. The van der Waals surface area contributed by atoms with E-state index >= 15 is 0 Å². The highest BCUT2D eigenvalue weighted by molar-refractivity contribution is 9.10. The van der Waals surface area contributed by atoms with E-state index in [0.717, 1.165) is 32.8 Å². The van der Waals surface area contributed by atoms with Crippen LogP contribution in [0, 0.1) is 5.82 Å². The molecule has 0 radical (unpaired) electrons. The molecule has 0 amide bonds. The first-order valence-corrected chi connectivity index (χ1v) is 10.4. The number of phenolic OH excluding ortho intramolecular Hbond substituents is 2. The normalized spacial score (nSPS) is 16.3. The van der Waals surface area contributed by atoms with Crippen LogP contribution in [0.1, 0.15) is 40.9 Å². The molecule has 0 atom stereocenters. The third kappa shape index (κ3) is 2.58. The van der Waals surface area contributed by atoms with Gasteiger partial charge in [-0.1, -0.05) is 35.8 Å². The summed E-state index contributed by atoms with van der Waals surface area (Å²) >= 11 is 3.50. The number of hydrogen-bond donors (Lipinski definition) is 2. The number of allylic oxidation sites excluding steroid dienone is 2. The molecule has 2 aliphatic rings. The molecule has 30 heavy (non-hydrogen) atoms. The van der Waals surface area contributed by atoms with Gasteiger partial charge in [0.25, 0.3) is 0 Å². The van der Waals surface area contributed by atoms with E-state index in [1.807, 2.05) is 18.2 Å². The van der Waals surface area contributed by atoms with Gasteiger partial charge in [0, 0.05) is 38.2 Å². The fourth-order valence-corrected chi connectivity index (χ4v) is 5.12. The number of carbonyl (C=O) groups is 1.